The van der Waals surface area contributed by atoms with Crippen LogP contribution < -0.4 is 5.32 Å². The van der Waals surface area contributed by atoms with Crippen molar-refractivity contribution in [2.75, 3.05) is 7.11 Å². The maximum Gasteiger partial charge on any atom is 0.252 e. The molecule has 0 aliphatic heterocycles. The quantitative estimate of drug-likeness (QED) is 0.421. The molecular weight excluding hydrogens is 424 g/mol. The summed E-state index contributed by atoms with van der Waals surface area (Å²) in [6, 6.07) is 15.6. The summed E-state index contributed by atoms with van der Waals surface area (Å²) in [5.41, 5.74) is 4.28. The molecule has 34 heavy (non-hydrogen) atoms. The van der Waals surface area contributed by atoms with E-state index in [0.717, 1.165) is 71.8 Å². The summed E-state index contributed by atoms with van der Waals surface area (Å²) in [5, 5.41) is 14.6. The van der Waals surface area contributed by atoms with Gasteiger partial charge < -0.3 is 15.2 Å². The smallest absolute Gasteiger partial charge is 0.252 e. The number of carbonyl (C=O) groups is 1. The number of rotatable bonds is 5. The van der Waals surface area contributed by atoms with Crippen LogP contribution in [0.1, 0.15) is 60.0 Å². The maximum atomic E-state index is 13.9. The summed E-state index contributed by atoms with van der Waals surface area (Å²) >= 11 is 0. The Morgan fingerprint density at radius 1 is 1.12 bits per heavy atom. The first-order valence-corrected chi connectivity index (χ1v) is 11.9. The van der Waals surface area contributed by atoms with Gasteiger partial charge in [0.05, 0.1) is 16.8 Å². The van der Waals surface area contributed by atoms with Crippen molar-refractivity contribution in [1.29, 1.82) is 0 Å². The molecule has 3 aromatic rings. The van der Waals surface area contributed by atoms with Gasteiger partial charge in [0, 0.05) is 34.6 Å². The van der Waals surface area contributed by atoms with Crippen LogP contribution in [-0.2, 0) is 4.74 Å². The number of nitrogens with zero attached hydrogens (tertiary/aromatic N) is 1. The largest absolute Gasteiger partial charge is 0.367 e. The maximum absolute atomic E-state index is 13.9. The summed E-state index contributed by atoms with van der Waals surface area (Å²) in [6.45, 7) is 1.96. The van der Waals surface area contributed by atoms with E-state index in [-0.39, 0.29) is 16.9 Å². The van der Waals surface area contributed by atoms with Gasteiger partial charge in [-0.25, -0.2) is 4.98 Å². The number of nitrogens with one attached hydrogen (secondary N) is 1. The van der Waals surface area contributed by atoms with E-state index >= 15 is 0 Å². The lowest BCUT2D eigenvalue weighted by atomic mass is 9.57. The Labute approximate surface area is 200 Å². The van der Waals surface area contributed by atoms with Crippen molar-refractivity contribution < 1.29 is 14.6 Å². The highest BCUT2D eigenvalue weighted by Gasteiger charge is 2.52. The standard InChI is InChI=1S/C29H30N2O3/c1-4-20-10-11-23-22(18-20)24(19(2)25(30-23)21-8-6-5-7-9-21)26(32)31-29-15-12-28(13-16-29,14-17-29)27(33)34-3/h1,5-11,18,27,33H,12-17H2,2-3H3,(H,31,32). The number of aliphatic hydroxyl groups is 1. The molecule has 1 unspecified atom stereocenters. The lowest BCUT2D eigenvalue weighted by Crippen LogP contribution is -2.59. The molecule has 1 atom stereocenters. The van der Waals surface area contributed by atoms with Crippen LogP contribution in [0.15, 0.2) is 48.5 Å². The Balaban J connectivity index is 1.55. The minimum absolute atomic E-state index is 0.0852. The van der Waals surface area contributed by atoms with E-state index in [0.29, 0.717) is 5.56 Å². The van der Waals surface area contributed by atoms with Crippen LogP contribution >= 0.6 is 0 Å². The van der Waals surface area contributed by atoms with Crippen molar-refractivity contribution in [1.82, 2.24) is 10.3 Å². The summed E-state index contributed by atoms with van der Waals surface area (Å²) in [5.74, 6) is 2.60. The van der Waals surface area contributed by atoms with Crippen molar-refractivity contribution >= 4 is 16.8 Å². The molecule has 2 bridgehead atoms. The monoisotopic (exact) mass is 454 g/mol. The molecular formula is C29H30N2O3. The number of hydrogen-bond donors (Lipinski definition) is 2. The Kier molecular flexibility index (Phi) is 5.67. The fourth-order valence-corrected chi connectivity index (χ4v) is 5.94. The lowest BCUT2D eigenvalue weighted by molar-refractivity contribution is -0.192. The predicted molar refractivity (Wildman–Crippen MR) is 133 cm³/mol. The van der Waals surface area contributed by atoms with Crippen molar-refractivity contribution in [2.24, 2.45) is 5.41 Å². The van der Waals surface area contributed by atoms with E-state index in [1.807, 2.05) is 55.5 Å². The molecule has 1 aromatic heterocycles. The molecule has 5 heteroatoms. The van der Waals surface area contributed by atoms with Crippen molar-refractivity contribution in [2.45, 2.75) is 57.3 Å². The molecule has 3 fully saturated rings. The van der Waals surface area contributed by atoms with Crippen molar-refractivity contribution in [3.05, 3.63) is 65.2 Å². The van der Waals surface area contributed by atoms with Gasteiger partial charge in [0.15, 0.2) is 6.29 Å². The van der Waals surface area contributed by atoms with E-state index in [9.17, 15) is 9.90 Å². The van der Waals surface area contributed by atoms with Gasteiger partial charge in [-0.1, -0.05) is 36.3 Å². The van der Waals surface area contributed by atoms with Crippen LogP contribution in [-0.4, -0.2) is 34.9 Å². The topological polar surface area (TPSA) is 71.5 Å². The SMILES string of the molecule is C#Cc1ccc2nc(-c3ccccc3)c(C)c(C(=O)NC34CCC(C(O)OC)(CC3)CC4)c2c1. The molecule has 174 valence electrons. The van der Waals surface area contributed by atoms with Gasteiger partial charge in [0.25, 0.3) is 5.91 Å². The first-order chi connectivity index (χ1) is 16.4. The third-order valence-electron chi connectivity index (χ3n) is 8.10. The van der Waals surface area contributed by atoms with Crippen LogP contribution in [0.2, 0.25) is 0 Å². The Morgan fingerprint density at radius 3 is 2.41 bits per heavy atom. The highest BCUT2D eigenvalue weighted by atomic mass is 16.6. The molecule has 1 amide bonds. The van der Waals surface area contributed by atoms with Gasteiger partial charge in [0.1, 0.15) is 0 Å². The number of methoxy groups -OCH3 is 1. The summed E-state index contributed by atoms with van der Waals surface area (Å²) < 4.78 is 5.28. The fourth-order valence-electron chi connectivity index (χ4n) is 5.94. The number of terminal acetylenes is 1. The van der Waals surface area contributed by atoms with Crippen LogP contribution in [0.25, 0.3) is 22.2 Å². The van der Waals surface area contributed by atoms with E-state index in [1.165, 1.54) is 0 Å². The van der Waals surface area contributed by atoms with E-state index in [4.69, 9.17) is 16.1 Å². The normalized spacial score (nSPS) is 24.5. The zero-order chi connectivity index (χ0) is 23.9. The van der Waals surface area contributed by atoms with Gasteiger partial charge in [-0.05, 0) is 69.2 Å². The van der Waals surface area contributed by atoms with E-state index < -0.39 is 6.29 Å². The fraction of sp³-hybridized carbons (Fsp3) is 0.379. The van der Waals surface area contributed by atoms with Crippen molar-refractivity contribution in [3.63, 3.8) is 0 Å². The first-order valence-electron chi connectivity index (χ1n) is 11.9. The number of aliphatic hydroxyl groups excluding tert-OH is 1. The molecule has 0 saturated heterocycles. The zero-order valence-electron chi connectivity index (χ0n) is 19.7. The number of amides is 1. The molecule has 2 N–H and O–H groups in total. The predicted octanol–water partition coefficient (Wildman–Crippen LogP) is 4.98. The molecule has 1 heterocycles. The third-order valence-corrected chi connectivity index (χ3v) is 8.10. The van der Waals surface area contributed by atoms with Crippen LogP contribution in [0, 0.1) is 24.7 Å². The second kappa shape index (κ2) is 8.54. The summed E-state index contributed by atoms with van der Waals surface area (Å²) in [4.78, 5) is 18.8. The van der Waals surface area contributed by atoms with Gasteiger partial charge >= 0.3 is 0 Å². The van der Waals surface area contributed by atoms with E-state index in [2.05, 4.69) is 11.2 Å². The number of carbonyl (C=O) groups excluding carboxylic acids is 1. The Morgan fingerprint density at radius 2 is 1.79 bits per heavy atom. The second-order valence-corrected chi connectivity index (χ2v) is 9.89. The number of aromatic nitrogens is 1. The number of pyridine rings is 1. The minimum Gasteiger partial charge on any atom is -0.367 e. The molecule has 3 aliphatic carbocycles. The highest BCUT2D eigenvalue weighted by molar-refractivity contribution is 6.09. The zero-order valence-corrected chi connectivity index (χ0v) is 19.7. The molecule has 3 aliphatic rings. The van der Waals surface area contributed by atoms with Crippen molar-refractivity contribution in [3.8, 4) is 23.6 Å². The first kappa shape index (κ1) is 22.6. The average molecular weight is 455 g/mol. The molecule has 5 nitrogen and oxygen atoms in total. The Hall–Kier alpha value is -3.20. The summed E-state index contributed by atoms with van der Waals surface area (Å²) in [7, 11) is 1.56. The molecule has 2 aromatic carbocycles. The second-order valence-electron chi connectivity index (χ2n) is 9.89. The van der Waals surface area contributed by atoms with Gasteiger partial charge in [-0.15, -0.1) is 6.42 Å². The lowest BCUT2D eigenvalue weighted by Gasteiger charge is -2.54. The number of fused-ring (bicyclic) bond motifs is 4. The van der Waals surface area contributed by atoms with Crippen LogP contribution in [0.4, 0.5) is 0 Å². The minimum atomic E-state index is -0.747. The van der Waals surface area contributed by atoms with E-state index in [1.54, 1.807) is 7.11 Å². The third kappa shape index (κ3) is 3.68. The number of benzene rings is 2. The van der Waals surface area contributed by atoms with Gasteiger partial charge in [-0.3, -0.25) is 4.79 Å². The molecule has 0 radical (unpaired) electrons. The number of hydrogen-bond acceptors (Lipinski definition) is 4. The van der Waals surface area contributed by atoms with Gasteiger partial charge in [-0.2, -0.15) is 0 Å². The molecule has 0 spiro atoms. The van der Waals surface area contributed by atoms with Gasteiger partial charge in [0.2, 0.25) is 0 Å². The summed E-state index contributed by atoms with van der Waals surface area (Å²) in [6.07, 6.45) is 9.96. The molecule has 6 rings (SSSR count). The highest BCUT2D eigenvalue weighted by Crippen LogP contribution is 2.54. The van der Waals surface area contributed by atoms with Crippen LogP contribution in [0.5, 0.6) is 0 Å². The number of ether oxygens (including phenoxy) is 1. The molecule has 3 saturated carbocycles. The van der Waals surface area contributed by atoms with Crippen LogP contribution in [0.3, 0.4) is 0 Å². The average Bonchev–Trinajstić information content (AvgIpc) is 2.88. The Bertz CT molecular complexity index is 1270.